The van der Waals surface area contributed by atoms with Gasteiger partial charge in [0.1, 0.15) is 11.5 Å². The molecule has 2 heterocycles. The Hall–Kier alpha value is -5.23. The predicted molar refractivity (Wildman–Crippen MR) is 240 cm³/mol. The Morgan fingerprint density at radius 1 is 0.714 bits per heavy atom. The van der Waals surface area contributed by atoms with Crippen LogP contribution in [0.25, 0.3) is 21.8 Å². The molecule has 288 valence electrons. The van der Waals surface area contributed by atoms with Gasteiger partial charge in [-0.05, 0) is 116 Å². The number of nitrogens with zero attached hydrogens (tertiary/aromatic N) is 3. The third kappa shape index (κ3) is 9.58. The number of nitrogens with one attached hydrogen (secondary N) is 2. The van der Waals surface area contributed by atoms with Gasteiger partial charge in [-0.25, -0.2) is 4.21 Å². The zero-order chi connectivity index (χ0) is 40.3. The van der Waals surface area contributed by atoms with Crippen LogP contribution in [0.4, 0.5) is 28.4 Å². The molecule has 0 radical (unpaired) electrons. The van der Waals surface area contributed by atoms with Gasteiger partial charge in [0.05, 0.1) is 26.4 Å². The lowest BCUT2D eigenvalue weighted by atomic mass is 10.1. The van der Waals surface area contributed by atoms with Crippen molar-refractivity contribution in [1.82, 2.24) is 9.97 Å². The van der Waals surface area contributed by atoms with Gasteiger partial charge in [0.2, 0.25) is 8.32 Å². The van der Waals surface area contributed by atoms with E-state index < -0.39 is 18.0 Å². The van der Waals surface area contributed by atoms with E-state index >= 15 is 0 Å². The van der Waals surface area contributed by atoms with Crippen molar-refractivity contribution < 1.29 is 13.7 Å². The van der Waals surface area contributed by atoms with E-state index in [4.69, 9.17) is 4.43 Å². The van der Waals surface area contributed by atoms with Crippen molar-refractivity contribution in [2.75, 3.05) is 16.9 Å². The van der Waals surface area contributed by atoms with Crippen LogP contribution in [-0.2, 0) is 9.73 Å². The second-order valence-corrected chi connectivity index (χ2v) is 23.3. The molecule has 0 saturated heterocycles. The number of phenols is 1. The highest BCUT2D eigenvalue weighted by atomic mass is 79.9. The standard InChI is InChI=1S/C23H21N3O2S.C22H27BrN2OSi/c1-16-8-10-18(27)15-23(16)25-22-12-13-24-21-11-9-17(14-20(21)22)26-29(2,28)19-6-4-3-5-7-19;1-15-7-9-17(26-27(5,6)22(2,3)4)14-21(15)25-20-11-12-24-19-10-8-16(23)13-18(19)20/h3-15,27H,1-2H3,(H,24,25);7-14H,1-6H3,(H,24,25)/t29-;/m0./s1. The molecule has 7 aromatic rings. The van der Waals surface area contributed by atoms with Crippen molar-refractivity contribution in [3.63, 3.8) is 0 Å². The molecule has 1 atom stereocenters. The highest BCUT2D eigenvalue weighted by Gasteiger charge is 2.39. The number of fused-ring (bicyclic) bond motifs is 2. The fourth-order valence-electron chi connectivity index (χ4n) is 5.74. The molecule has 11 heteroatoms. The van der Waals surface area contributed by atoms with Crippen LogP contribution in [0.15, 0.2) is 141 Å². The summed E-state index contributed by atoms with van der Waals surface area (Å²) in [5.41, 5.74) is 8.31. The van der Waals surface area contributed by atoms with Gasteiger partial charge in [0.25, 0.3) is 0 Å². The number of hydrogen-bond acceptors (Lipinski definition) is 8. The van der Waals surface area contributed by atoms with E-state index in [0.29, 0.717) is 10.6 Å². The summed E-state index contributed by atoms with van der Waals surface area (Å²) in [6, 6.07) is 36.3. The first kappa shape index (κ1) is 40.4. The molecule has 0 saturated carbocycles. The third-order valence-corrected chi connectivity index (χ3v) is 16.6. The second kappa shape index (κ2) is 16.5. The van der Waals surface area contributed by atoms with Gasteiger partial charge in [0, 0.05) is 73.7 Å². The monoisotopic (exact) mass is 845 g/mol. The van der Waals surface area contributed by atoms with E-state index in [2.05, 4.69) is 106 Å². The number of aryl methyl sites for hydroxylation is 2. The number of phenolic OH excluding ortho intramolecular Hbond substituents is 1. The topological polar surface area (TPSA) is 109 Å². The highest BCUT2D eigenvalue weighted by Crippen LogP contribution is 2.39. The zero-order valence-corrected chi connectivity index (χ0v) is 36.4. The molecule has 7 rings (SSSR count). The quantitative estimate of drug-likeness (QED) is 0.131. The summed E-state index contributed by atoms with van der Waals surface area (Å²) in [6.45, 7) is 15.4. The minimum absolute atomic E-state index is 0.166. The van der Waals surface area contributed by atoms with Gasteiger partial charge in [-0.3, -0.25) is 9.97 Å². The molecule has 0 aliphatic carbocycles. The summed E-state index contributed by atoms with van der Waals surface area (Å²) >= 11 is 3.56. The number of hydrogen-bond donors (Lipinski definition) is 3. The lowest BCUT2D eigenvalue weighted by molar-refractivity contribution is 0.475. The summed E-state index contributed by atoms with van der Waals surface area (Å²) in [6.07, 6.45) is 5.21. The molecule has 3 N–H and O–H groups in total. The van der Waals surface area contributed by atoms with E-state index in [1.807, 2.05) is 92.0 Å². The first-order chi connectivity index (χ1) is 26.5. The van der Waals surface area contributed by atoms with Crippen LogP contribution in [0.3, 0.4) is 0 Å². The molecule has 2 aromatic heterocycles. The smallest absolute Gasteiger partial charge is 0.250 e. The predicted octanol–water partition coefficient (Wildman–Crippen LogP) is 13.2. The van der Waals surface area contributed by atoms with Crippen molar-refractivity contribution in [3.8, 4) is 11.5 Å². The Kier molecular flexibility index (Phi) is 11.9. The minimum Gasteiger partial charge on any atom is -0.543 e. The van der Waals surface area contributed by atoms with Crippen LogP contribution < -0.4 is 15.1 Å². The summed E-state index contributed by atoms with van der Waals surface area (Å²) in [7, 11) is -4.44. The summed E-state index contributed by atoms with van der Waals surface area (Å²) in [5, 5.41) is 18.9. The van der Waals surface area contributed by atoms with Gasteiger partial charge in [-0.2, -0.15) is 4.36 Å². The Bertz CT molecular complexity index is 2660. The average molecular weight is 847 g/mol. The van der Waals surface area contributed by atoms with Gasteiger partial charge in [-0.1, -0.05) is 67.0 Å². The number of rotatable bonds is 8. The van der Waals surface area contributed by atoms with Crippen molar-refractivity contribution in [3.05, 3.63) is 143 Å². The molecule has 56 heavy (non-hydrogen) atoms. The van der Waals surface area contributed by atoms with E-state index in [9.17, 15) is 9.32 Å². The van der Waals surface area contributed by atoms with Crippen LogP contribution >= 0.6 is 15.9 Å². The van der Waals surface area contributed by atoms with Crippen molar-refractivity contribution in [1.29, 1.82) is 0 Å². The van der Waals surface area contributed by atoms with Crippen molar-refractivity contribution in [2.24, 2.45) is 4.36 Å². The van der Waals surface area contributed by atoms with Gasteiger partial charge < -0.3 is 20.2 Å². The maximum atomic E-state index is 13.1. The first-order valence-electron chi connectivity index (χ1n) is 18.3. The molecule has 0 unspecified atom stereocenters. The molecule has 0 spiro atoms. The van der Waals surface area contributed by atoms with Crippen LogP contribution in [0.1, 0.15) is 31.9 Å². The van der Waals surface area contributed by atoms with E-state index in [1.165, 1.54) is 5.56 Å². The lowest BCUT2D eigenvalue weighted by Gasteiger charge is -2.36. The number of aromatic hydroxyl groups is 1. The van der Waals surface area contributed by atoms with E-state index in [1.54, 1.807) is 24.6 Å². The maximum absolute atomic E-state index is 13.1. The van der Waals surface area contributed by atoms with Crippen LogP contribution in [0.2, 0.25) is 18.1 Å². The fourth-order valence-corrected chi connectivity index (χ4v) is 8.40. The van der Waals surface area contributed by atoms with Crippen LogP contribution in [-0.4, -0.2) is 33.9 Å². The number of halogens is 1. The molecular weight excluding hydrogens is 799 g/mol. The largest absolute Gasteiger partial charge is 0.543 e. The Morgan fingerprint density at radius 3 is 1.91 bits per heavy atom. The Labute approximate surface area is 339 Å². The minimum atomic E-state index is -2.56. The number of aromatic nitrogens is 2. The van der Waals surface area contributed by atoms with Gasteiger partial charge in [-0.15, -0.1) is 0 Å². The molecule has 0 amide bonds. The highest BCUT2D eigenvalue weighted by molar-refractivity contribution is 9.10. The summed E-state index contributed by atoms with van der Waals surface area (Å²) < 4.78 is 25.2. The van der Waals surface area contributed by atoms with E-state index in [-0.39, 0.29) is 10.8 Å². The SMILES string of the molecule is Cc1ccc(O)cc1Nc1ccnc2ccc(N=[S@@](C)(=O)c3ccccc3)cc12.Cc1ccc(O[Si](C)(C)C(C)(C)C)cc1Nc1ccnc2ccc(Br)cc12. The molecule has 0 aliphatic heterocycles. The third-order valence-electron chi connectivity index (χ3n) is 10.0. The van der Waals surface area contributed by atoms with Crippen LogP contribution in [0, 0.1) is 13.8 Å². The van der Waals surface area contributed by atoms with E-state index in [0.717, 1.165) is 60.3 Å². The number of anilines is 4. The van der Waals surface area contributed by atoms with Crippen LogP contribution in [0.5, 0.6) is 11.5 Å². The van der Waals surface area contributed by atoms with Gasteiger partial charge in [0.15, 0.2) is 0 Å². The maximum Gasteiger partial charge on any atom is 0.250 e. The zero-order valence-electron chi connectivity index (χ0n) is 33.0. The molecule has 0 aliphatic rings. The number of benzene rings is 5. The van der Waals surface area contributed by atoms with Crippen molar-refractivity contribution in [2.45, 2.75) is 57.6 Å². The lowest BCUT2D eigenvalue weighted by Crippen LogP contribution is -2.43. The molecule has 0 bridgehead atoms. The molecule has 0 fully saturated rings. The fraction of sp³-hybridized carbons (Fsp3) is 0.200. The molecule has 8 nitrogen and oxygen atoms in total. The number of pyridine rings is 2. The second-order valence-electron chi connectivity index (χ2n) is 15.4. The summed E-state index contributed by atoms with van der Waals surface area (Å²) in [5.74, 6) is 1.12. The first-order valence-corrected chi connectivity index (χ1v) is 24.0. The van der Waals surface area contributed by atoms with Gasteiger partial charge >= 0.3 is 0 Å². The van der Waals surface area contributed by atoms with Crippen molar-refractivity contribution >= 4 is 84.2 Å². The molecular formula is C45H48BrN5O3SSi. The Balaban J connectivity index is 0.000000190. The Morgan fingerprint density at radius 2 is 1.29 bits per heavy atom. The summed E-state index contributed by atoms with van der Waals surface area (Å²) in [4.78, 5) is 9.57. The average Bonchev–Trinajstić information content (AvgIpc) is 3.15. The normalized spacial score (nSPS) is 12.7. The molecule has 5 aromatic carbocycles.